The van der Waals surface area contributed by atoms with Crippen molar-refractivity contribution >= 4 is 56.1 Å². The second kappa shape index (κ2) is 5.66. The summed E-state index contributed by atoms with van der Waals surface area (Å²) in [6.45, 7) is 10.0. The zero-order chi connectivity index (χ0) is 17.1. The average molecular weight is 384 g/mol. The number of aryl methyl sites for hydroxylation is 2. The van der Waals surface area contributed by atoms with Gasteiger partial charge in [0.15, 0.2) is 0 Å². The van der Waals surface area contributed by atoms with Gasteiger partial charge in [0.25, 0.3) is 0 Å². The maximum Gasteiger partial charge on any atom is 0.245 e. The van der Waals surface area contributed by atoms with Crippen LogP contribution in [0.1, 0.15) is 36.8 Å². The zero-order valence-electron chi connectivity index (χ0n) is 13.7. The number of alkyl halides is 1. The second-order valence-corrected chi connectivity index (χ2v) is 9.93. The summed E-state index contributed by atoms with van der Waals surface area (Å²) in [5.74, 6) is -0.0730. The summed E-state index contributed by atoms with van der Waals surface area (Å²) < 4.78 is 0.897. The Morgan fingerprint density at radius 1 is 1.26 bits per heavy atom. The Morgan fingerprint density at radius 3 is 2.48 bits per heavy atom. The van der Waals surface area contributed by atoms with Crippen molar-refractivity contribution in [3.8, 4) is 11.1 Å². The third-order valence-electron chi connectivity index (χ3n) is 4.43. The fraction of sp³-hybridized carbons (Fsp3) is 0.412. The van der Waals surface area contributed by atoms with Gasteiger partial charge in [0, 0.05) is 11.1 Å². The molecule has 1 aliphatic heterocycles. The van der Waals surface area contributed by atoms with Gasteiger partial charge in [-0.3, -0.25) is 9.69 Å². The lowest BCUT2D eigenvalue weighted by atomic mass is 9.85. The fourth-order valence-corrected chi connectivity index (χ4v) is 6.44. The van der Waals surface area contributed by atoms with Crippen LogP contribution in [-0.4, -0.2) is 11.3 Å². The van der Waals surface area contributed by atoms with E-state index in [1.807, 2.05) is 4.90 Å². The van der Waals surface area contributed by atoms with Gasteiger partial charge in [0.05, 0.1) is 16.1 Å². The number of hydrogen-bond donors (Lipinski definition) is 0. The maximum absolute atomic E-state index is 12.9. The van der Waals surface area contributed by atoms with Crippen molar-refractivity contribution in [1.29, 1.82) is 0 Å². The van der Waals surface area contributed by atoms with E-state index in [4.69, 9.17) is 23.8 Å². The van der Waals surface area contributed by atoms with Gasteiger partial charge in [0.1, 0.15) is 9.20 Å². The Bertz CT molecular complexity index is 863. The lowest BCUT2D eigenvalue weighted by molar-refractivity contribution is -0.119. The molecule has 1 aliphatic rings. The molecule has 0 radical (unpaired) electrons. The first-order valence-corrected chi connectivity index (χ1v) is 10.4. The smallest absolute Gasteiger partial charge is 0.245 e. The summed E-state index contributed by atoms with van der Waals surface area (Å²) in [6, 6.07) is 4.23. The highest BCUT2D eigenvalue weighted by Crippen LogP contribution is 2.52. The van der Waals surface area contributed by atoms with Gasteiger partial charge >= 0.3 is 0 Å². The summed E-state index contributed by atoms with van der Waals surface area (Å²) in [4.78, 5) is 15.9. The number of hydrogen-bond acceptors (Lipinski definition) is 4. The van der Waals surface area contributed by atoms with Crippen LogP contribution in [0.5, 0.6) is 0 Å². The Hall–Kier alpha value is -0.750. The molecule has 0 fully saturated rings. The molecular formula is C17H18ClNOS3. The molecule has 23 heavy (non-hydrogen) atoms. The van der Waals surface area contributed by atoms with Crippen LogP contribution in [0.2, 0.25) is 0 Å². The van der Waals surface area contributed by atoms with Crippen molar-refractivity contribution in [3.05, 3.63) is 32.0 Å². The first-order chi connectivity index (χ1) is 10.7. The van der Waals surface area contributed by atoms with Crippen molar-refractivity contribution < 1.29 is 4.79 Å². The minimum atomic E-state index is -0.572. The molecule has 1 aromatic heterocycles. The lowest BCUT2D eigenvalue weighted by Gasteiger charge is -2.43. The normalized spacial score (nSPS) is 16.7. The van der Waals surface area contributed by atoms with Crippen LogP contribution < -0.4 is 4.90 Å². The van der Waals surface area contributed by atoms with Crippen molar-refractivity contribution in [3.63, 3.8) is 0 Å². The first kappa shape index (κ1) is 17.1. The molecule has 1 atom stereocenters. The molecule has 0 N–H and O–H groups in total. The third-order valence-corrected chi connectivity index (χ3v) is 7.95. The van der Waals surface area contributed by atoms with Crippen molar-refractivity contribution in [2.75, 3.05) is 4.90 Å². The van der Waals surface area contributed by atoms with Gasteiger partial charge in [-0.1, -0.05) is 32.9 Å². The van der Waals surface area contributed by atoms with E-state index >= 15 is 0 Å². The number of nitrogens with zero attached hydrogens (tertiary/aromatic N) is 1. The van der Waals surface area contributed by atoms with Crippen molar-refractivity contribution in [1.82, 2.24) is 0 Å². The van der Waals surface area contributed by atoms with Gasteiger partial charge in [-0.2, -0.15) is 0 Å². The van der Waals surface area contributed by atoms with Crippen LogP contribution in [0.25, 0.3) is 11.1 Å². The fourth-order valence-electron chi connectivity index (χ4n) is 3.06. The molecule has 2 aromatic rings. The highest BCUT2D eigenvalue weighted by molar-refractivity contribution is 7.80. The molecule has 0 aliphatic carbocycles. The SMILES string of the molecule is Cc1cc2c(cc1C)N(C(=O)[C@H](C)Cl)C(C)(C)c1ssc(=S)c1-2. The number of anilines is 1. The molecule has 0 spiro atoms. The van der Waals surface area contributed by atoms with E-state index in [-0.39, 0.29) is 5.91 Å². The highest BCUT2D eigenvalue weighted by Gasteiger charge is 2.43. The van der Waals surface area contributed by atoms with Crippen molar-refractivity contribution in [2.24, 2.45) is 0 Å². The van der Waals surface area contributed by atoms with Crippen LogP contribution in [0.4, 0.5) is 5.69 Å². The van der Waals surface area contributed by atoms with E-state index in [2.05, 4.69) is 39.8 Å². The lowest BCUT2D eigenvalue weighted by Crippen LogP contribution is -2.50. The topological polar surface area (TPSA) is 20.3 Å². The van der Waals surface area contributed by atoms with Crippen LogP contribution >= 0.6 is 44.5 Å². The number of benzene rings is 1. The van der Waals surface area contributed by atoms with Gasteiger partial charge in [-0.05, 0) is 57.9 Å². The van der Waals surface area contributed by atoms with E-state index in [0.717, 1.165) is 31.1 Å². The van der Waals surface area contributed by atoms with Gasteiger partial charge in [-0.15, -0.1) is 11.6 Å². The van der Waals surface area contributed by atoms with Gasteiger partial charge in [0.2, 0.25) is 5.91 Å². The first-order valence-electron chi connectivity index (χ1n) is 7.39. The molecule has 0 bridgehead atoms. The quantitative estimate of drug-likeness (QED) is 0.340. The third kappa shape index (κ3) is 2.49. The number of halogens is 1. The molecule has 3 rings (SSSR count). The summed E-state index contributed by atoms with van der Waals surface area (Å²) in [5, 5.41) is -0.572. The molecule has 1 aromatic carbocycles. The number of amides is 1. The van der Waals surface area contributed by atoms with Crippen LogP contribution in [-0.2, 0) is 10.3 Å². The Kier molecular flexibility index (Phi) is 4.20. The monoisotopic (exact) mass is 383 g/mol. The average Bonchev–Trinajstić information content (AvgIpc) is 2.84. The maximum atomic E-state index is 12.9. The Labute approximate surface area is 154 Å². The molecule has 0 saturated heterocycles. The predicted octanol–water partition coefficient (Wildman–Crippen LogP) is 6.03. The number of rotatable bonds is 1. The van der Waals surface area contributed by atoms with Crippen molar-refractivity contribution in [2.45, 2.75) is 45.5 Å². The molecule has 0 saturated carbocycles. The second-order valence-electron chi connectivity index (χ2n) is 6.46. The Balaban J connectivity index is 2.40. The minimum absolute atomic E-state index is 0.0730. The van der Waals surface area contributed by atoms with E-state index in [9.17, 15) is 4.79 Å². The molecule has 2 heterocycles. The predicted molar refractivity (Wildman–Crippen MR) is 104 cm³/mol. The molecule has 122 valence electrons. The van der Waals surface area contributed by atoms with E-state index in [1.165, 1.54) is 5.56 Å². The van der Waals surface area contributed by atoms with E-state index in [0.29, 0.717) is 0 Å². The molecule has 6 heteroatoms. The summed E-state index contributed by atoms with van der Waals surface area (Å²) in [7, 11) is 3.27. The van der Waals surface area contributed by atoms with E-state index in [1.54, 1.807) is 27.6 Å². The van der Waals surface area contributed by atoms with Gasteiger partial charge in [-0.25, -0.2) is 0 Å². The summed E-state index contributed by atoms with van der Waals surface area (Å²) in [6.07, 6.45) is 0. The standard InChI is InChI=1S/C17H18ClNOS3/c1-8-6-11-12(7-9(8)2)19(15(20)10(3)18)17(4,5)14-13(11)16(21)23-22-14/h6-7,10H,1-5H3/t10-/m0/s1. The molecule has 0 unspecified atom stereocenters. The van der Waals surface area contributed by atoms with Crippen LogP contribution in [0, 0.1) is 17.7 Å². The van der Waals surface area contributed by atoms with Crippen LogP contribution in [0.15, 0.2) is 12.1 Å². The minimum Gasteiger partial charge on any atom is -0.300 e. The molecule has 2 nitrogen and oxygen atoms in total. The van der Waals surface area contributed by atoms with Crippen LogP contribution in [0.3, 0.4) is 0 Å². The zero-order valence-corrected chi connectivity index (χ0v) is 16.9. The van der Waals surface area contributed by atoms with Gasteiger partial charge < -0.3 is 0 Å². The summed E-state index contributed by atoms with van der Waals surface area (Å²) >= 11 is 11.7. The largest absolute Gasteiger partial charge is 0.300 e. The number of carbonyl (C=O) groups is 1. The molecule has 1 amide bonds. The number of fused-ring (bicyclic) bond motifs is 3. The highest BCUT2D eigenvalue weighted by atomic mass is 35.5. The molecular weight excluding hydrogens is 366 g/mol. The summed E-state index contributed by atoms with van der Waals surface area (Å²) in [5.41, 5.74) is 4.99. The van der Waals surface area contributed by atoms with E-state index < -0.39 is 10.9 Å². The Morgan fingerprint density at radius 2 is 1.87 bits per heavy atom. The number of carbonyl (C=O) groups excluding carboxylic acids is 1.